The molecule has 0 saturated carbocycles. The first kappa shape index (κ1) is 18.9. The van der Waals surface area contributed by atoms with E-state index in [4.69, 9.17) is 5.11 Å². The summed E-state index contributed by atoms with van der Waals surface area (Å²) in [7, 11) is 0. The van der Waals surface area contributed by atoms with Gasteiger partial charge in [0.05, 0.1) is 17.9 Å². The molecule has 148 valence electrons. The van der Waals surface area contributed by atoms with E-state index < -0.39 is 23.6 Å². The number of amides is 2. The minimum atomic E-state index is -4.59. The fourth-order valence-corrected chi connectivity index (χ4v) is 3.50. The number of alkyl halides is 3. The van der Waals surface area contributed by atoms with E-state index in [9.17, 15) is 22.8 Å². The second-order valence-corrected chi connectivity index (χ2v) is 6.53. The minimum Gasteiger partial charge on any atom is -0.395 e. The number of aliphatic hydroxyl groups excluding tert-OH is 1. The van der Waals surface area contributed by atoms with E-state index in [0.717, 1.165) is 23.1 Å². The number of nitrogens with zero attached hydrogens (tertiary/aromatic N) is 1. The highest BCUT2D eigenvalue weighted by atomic mass is 19.4. The third kappa shape index (κ3) is 3.11. The number of anilines is 2. The Morgan fingerprint density at radius 3 is 2.31 bits per heavy atom. The van der Waals surface area contributed by atoms with E-state index >= 15 is 0 Å². The lowest BCUT2D eigenvalue weighted by Gasteiger charge is -2.28. The van der Waals surface area contributed by atoms with E-state index in [1.54, 1.807) is 18.2 Å². The van der Waals surface area contributed by atoms with Crippen molar-refractivity contribution < 1.29 is 27.9 Å². The number of rotatable bonds is 4. The number of carbonyl (C=O) groups excluding carboxylic acids is 2. The molecule has 0 unspecified atom stereocenters. The van der Waals surface area contributed by atoms with Crippen LogP contribution in [0.3, 0.4) is 0 Å². The van der Waals surface area contributed by atoms with Crippen LogP contribution in [-0.2, 0) is 6.18 Å². The topological polar surface area (TPSA) is 69.6 Å². The number of benzene rings is 3. The van der Waals surface area contributed by atoms with Gasteiger partial charge in [-0.2, -0.15) is 13.2 Å². The monoisotopic (exact) mass is 400 g/mol. The summed E-state index contributed by atoms with van der Waals surface area (Å²) in [4.78, 5) is 26.9. The second kappa shape index (κ2) is 6.89. The summed E-state index contributed by atoms with van der Waals surface area (Å²) in [6, 6.07) is 12.2. The molecule has 0 aromatic heterocycles. The molecule has 0 aliphatic carbocycles. The molecule has 0 spiro atoms. The van der Waals surface area contributed by atoms with Gasteiger partial charge in [-0.3, -0.25) is 9.59 Å². The largest absolute Gasteiger partial charge is 0.416 e. The van der Waals surface area contributed by atoms with Crippen LogP contribution in [0.4, 0.5) is 24.5 Å². The van der Waals surface area contributed by atoms with Gasteiger partial charge in [-0.05, 0) is 36.4 Å². The van der Waals surface area contributed by atoms with Crippen molar-refractivity contribution in [2.75, 3.05) is 23.4 Å². The molecule has 29 heavy (non-hydrogen) atoms. The maximum Gasteiger partial charge on any atom is 0.416 e. The first-order valence-electron chi connectivity index (χ1n) is 8.79. The van der Waals surface area contributed by atoms with Crippen LogP contribution in [0.1, 0.15) is 26.3 Å². The predicted octanol–water partition coefficient (Wildman–Crippen LogP) is 4.06. The Morgan fingerprint density at radius 1 is 0.931 bits per heavy atom. The average Bonchev–Trinajstić information content (AvgIpc) is 2.70. The molecule has 8 heteroatoms. The maximum absolute atomic E-state index is 13.1. The van der Waals surface area contributed by atoms with Crippen molar-refractivity contribution in [3.63, 3.8) is 0 Å². The second-order valence-electron chi connectivity index (χ2n) is 6.53. The van der Waals surface area contributed by atoms with E-state index in [1.165, 1.54) is 18.2 Å². The van der Waals surface area contributed by atoms with Crippen molar-refractivity contribution in [1.29, 1.82) is 0 Å². The molecule has 0 atom stereocenters. The summed E-state index contributed by atoms with van der Waals surface area (Å²) < 4.78 is 39.3. The van der Waals surface area contributed by atoms with E-state index in [2.05, 4.69) is 5.32 Å². The van der Waals surface area contributed by atoms with Crippen LogP contribution in [0.15, 0.2) is 54.6 Å². The van der Waals surface area contributed by atoms with Crippen molar-refractivity contribution >= 4 is 34.0 Å². The lowest BCUT2D eigenvalue weighted by molar-refractivity contribution is -0.137. The molecule has 5 nitrogen and oxygen atoms in total. The molecular weight excluding hydrogens is 385 g/mol. The van der Waals surface area contributed by atoms with E-state index in [1.807, 2.05) is 0 Å². The Labute approximate surface area is 163 Å². The fraction of sp³-hybridized carbons (Fsp3) is 0.143. The number of carbonyl (C=O) groups is 2. The predicted molar refractivity (Wildman–Crippen MR) is 102 cm³/mol. The Bertz CT molecular complexity index is 1120. The van der Waals surface area contributed by atoms with Gasteiger partial charge in [-0.25, -0.2) is 4.90 Å². The van der Waals surface area contributed by atoms with Gasteiger partial charge < -0.3 is 10.4 Å². The Kier molecular flexibility index (Phi) is 4.50. The molecule has 0 bridgehead atoms. The SMILES string of the molecule is O=C1c2cccc3c(NCCO)ccc(c23)C(=O)N1c1cccc(C(F)(F)F)c1. The van der Waals surface area contributed by atoms with Crippen molar-refractivity contribution in [3.8, 4) is 0 Å². The summed E-state index contributed by atoms with van der Waals surface area (Å²) >= 11 is 0. The number of halogens is 3. The number of nitrogens with one attached hydrogen (secondary N) is 1. The highest BCUT2D eigenvalue weighted by molar-refractivity contribution is 6.36. The first-order chi connectivity index (χ1) is 13.8. The van der Waals surface area contributed by atoms with Crippen LogP contribution in [0.25, 0.3) is 10.8 Å². The summed E-state index contributed by atoms with van der Waals surface area (Å²) in [5.74, 6) is -1.38. The molecule has 1 aliphatic heterocycles. The molecule has 3 aromatic rings. The molecular formula is C21H15F3N2O3. The summed E-state index contributed by atoms with van der Waals surface area (Å²) in [6.45, 7) is 0.195. The minimum absolute atomic E-state index is 0.0931. The zero-order valence-corrected chi connectivity index (χ0v) is 15.0. The van der Waals surface area contributed by atoms with Gasteiger partial charge in [0.25, 0.3) is 11.8 Å². The summed E-state index contributed by atoms with van der Waals surface area (Å²) in [5, 5.41) is 13.1. The average molecular weight is 400 g/mol. The third-order valence-electron chi connectivity index (χ3n) is 4.77. The molecule has 0 fully saturated rings. The van der Waals surface area contributed by atoms with Crippen molar-refractivity contribution in [2.24, 2.45) is 0 Å². The van der Waals surface area contributed by atoms with Crippen LogP contribution in [-0.4, -0.2) is 30.1 Å². The molecule has 0 saturated heterocycles. The van der Waals surface area contributed by atoms with Crippen molar-refractivity contribution in [2.45, 2.75) is 6.18 Å². The van der Waals surface area contributed by atoms with Gasteiger partial charge in [0.1, 0.15) is 0 Å². The summed E-state index contributed by atoms with van der Waals surface area (Å²) in [5.41, 5.74) is 0.0141. The van der Waals surface area contributed by atoms with Crippen molar-refractivity contribution in [3.05, 3.63) is 71.3 Å². The molecule has 4 rings (SSSR count). The lowest BCUT2D eigenvalue weighted by atomic mass is 9.92. The summed E-state index contributed by atoms with van der Waals surface area (Å²) in [6.07, 6.45) is -4.59. The standard InChI is InChI=1S/C21H15F3N2O3/c22-21(23,24)12-3-1-4-13(11-12)26-19(28)15-6-2-5-14-17(25-9-10-27)8-7-16(18(14)15)20(26)29/h1-8,11,25,27H,9-10H2. The van der Waals surface area contributed by atoms with E-state index in [0.29, 0.717) is 16.5 Å². The molecule has 0 radical (unpaired) electrons. The van der Waals surface area contributed by atoms with Crippen LogP contribution in [0, 0.1) is 0 Å². The van der Waals surface area contributed by atoms with Crippen LogP contribution in [0.5, 0.6) is 0 Å². The smallest absolute Gasteiger partial charge is 0.395 e. The van der Waals surface area contributed by atoms with Crippen molar-refractivity contribution in [1.82, 2.24) is 0 Å². The highest BCUT2D eigenvalue weighted by Crippen LogP contribution is 2.37. The third-order valence-corrected chi connectivity index (χ3v) is 4.77. The number of aliphatic hydroxyl groups is 1. The Balaban J connectivity index is 1.86. The Hall–Kier alpha value is -3.39. The number of hydrogen-bond acceptors (Lipinski definition) is 4. The van der Waals surface area contributed by atoms with Crippen LogP contribution >= 0.6 is 0 Å². The zero-order valence-electron chi connectivity index (χ0n) is 15.0. The molecule has 1 heterocycles. The van der Waals surface area contributed by atoms with Gasteiger partial charge in [0.2, 0.25) is 0 Å². The van der Waals surface area contributed by atoms with Gasteiger partial charge in [-0.1, -0.05) is 18.2 Å². The van der Waals surface area contributed by atoms with Gasteiger partial charge in [0.15, 0.2) is 0 Å². The normalized spacial score (nSPS) is 13.9. The quantitative estimate of drug-likeness (QED) is 0.648. The van der Waals surface area contributed by atoms with Gasteiger partial charge in [-0.15, -0.1) is 0 Å². The van der Waals surface area contributed by atoms with Gasteiger partial charge in [0, 0.05) is 34.1 Å². The fourth-order valence-electron chi connectivity index (χ4n) is 3.50. The lowest BCUT2D eigenvalue weighted by Crippen LogP contribution is -2.40. The number of imide groups is 1. The maximum atomic E-state index is 13.1. The number of hydrogen-bond donors (Lipinski definition) is 2. The molecule has 2 N–H and O–H groups in total. The van der Waals surface area contributed by atoms with Crippen LogP contribution in [0.2, 0.25) is 0 Å². The molecule has 1 aliphatic rings. The van der Waals surface area contributed by atoms with E-state index in [-0.39, 0.29) is 30.0 Å². The van der Waals surface area contributed by atoms with Crippen LogP contribution < -0.4 is 10.2 Å². The zero-order chi connectivity index (χ0) is 20.8. The molecule has 3 aromatic carbocycles. The van der Waals surface area contributed by atoms with Gasteiger partial charge >= 0.3 is 6.18 Å². The highest BCUT2D eigenvalue weighted by Gasteiger charge is 2.36. The first-order valence-corrected chi connectivity index (χ1v) is 8.79. The Morgan fingerprint density at radius 2 is 1.62 bits per heavy atom. The molecule has 2 amide bonds.